The van der Waals surface area contributed by atoms with Gasteiger partial charge in [-0.05, 0) is 44.0 Å². The van der Waals surface area contributed by atoms with Gasteiger partial charge in [0.2, 0.25) is 0 Å². The summed E-state index contributed by atoms with van der Waals surface area (Å²) in [7, 11) is 2.13. The van der Waals surface area contributed by atoms with E-state index in [1.165, 1.54) is 10.4 Å². The molecule has 2 aromatic heterocycles. The maximum absolute atomic E-state index is 6.19. The van der Waals surface area contributed by atoms with Gasteiger partial charge in [-0.3, -0.25) is 9.88 Å². The first-order chi connectivity index (χ1) is 9.11. The Balaban J connectivity index is 2.25. The second-order valence-electron chi connectivity index (χ2n) is 4.95. The molecule has 3 atom stereocenters. The number of likely N-dealkylation sites (N-methyl/N-ethyl adjacent to an activating group) is 1. The minimum Gasteiger partial charge on any atom is -0.326 e. The van der Waals surface area contributed by atoms with E-state index >= 15 is 0 Å². The molecular formula is C15H21N3S. The Labute approximate surface area is 119 Å². The second kappa shape index (κ2) is 6.28. The lowest BCUT2D eigenvalue weighted by atomic mass is 9.99. The molecule has 3 nitrogen and oxygen atoms in total. The molecule has 0 saturated carbocycles. The van der Waals surface area contributed by atoms with Gasteiger partial charge in [0.05, 0.1) is 6.04 Å². The number of aromatic nitrogens is 1. The summed E-state index contributed by atoms with van der Waals surface area (Å²) in [4.78, 5) is 7.90. The molecule has 2 aromatic rings. The Kier molecular flexibility index (Phi) is 4.69. The molecule has 19 heavy (non-hydrogen) atoms. The topological polar surface area (TPSA) is 42.1 Å². The summed E-state index contributed by atoms with van der Waals surface area (Å²) in [5.41, 5.74) is 7.36. The van der Waals surface area contributed by atoms with Gasteiger partial charge < -0.3 is 5.73 Å². The predicted octanol–water partition coefficient (Wildman–Crippen LogP) is 3.22. The predicted molar refractivity (Wildman–Crippen MR) is 81.1 cm³/mol. The van der Waals surface area contributed by atoms with Crippen LogP contribution < -0.4 is 5.73 Å². The maximum Gasteiger partial charge on any atom is 0.0515 e. The molecule has 0 fully saturated rings. The summed E-state index contributed by atoms with van der Waals surface area (Å²) in [6.07, 6.45) is 3.70. The van der Waals surface area contributed by atoms with Crippen molar-refractivity contribution < 1.29 is 0 Å². The van der Waals surface area contributed by atoms with Gasteiger partial charge in [0.15, 0.2) is 0 Å². The highest BCUT2D eigenvalue weighted by Gasteiger charge is 2.26. The van der Waals surface area contributed by atoms with Gasteiger partial charge in [-0.2, -0.15) is 0 Å². The molecule has 0 amide bonds. The van der Waals surface area contributed by atoms with Gasteiger partial charge in [-0.15, -0.1) is 11.3 Å². The fraction of sp³-hybridized carbons (Fsp3) is 0.400. The van der Waals surface area contributed by atoms with Gasteiger partial charge in [0, 0.05) is 29.4 Å². The number of rotatable bonds is 5. The summed E-state index contributed by atoms with van der Waals surface area (Å²) in [6, 6.07) is 8.90. The molecule has 3 unspecified atom stereocenters. The zero-order valence-corrected chi connectivity index (χ0v) is 12.5. The molecule has 0 spiro atoms. The van der Waals surface area contributed by atoms with Crippen LogP contribution in [-0.4, -0.2) is 23.0 Å². The third-order valence-electron chi connectivity index (χ3n) is 3.53. The van der Waals surface area contributed by atoms with Crippen molar-refractivity contribution in [2.75, 3.05) is 7.05 Å². The average molecular weight is 275 g/mol. The van der Waals surface area contributed by atoms with Crippen molar-refractivity contribution in [1.29, 1.82) is 0 Å². The van der Waals surface area contributed by atoms with Crippen LogP contribution in [0.15, 0.2) is 42.0 Å². The molecule has 0 radical (unpaired) electrons. The third-order valence-corrected chi connectivity index (χ3v) is 4.57. The quantitative estimate of drug-likeness (QED) is 0.911. The standard InChI is InChI=1S/C15H21N3S/c1-11(16)15(13-6-4-8-17-10-13)18(3)12(2)14-7-5-9-19-14/h4-12,15H,16H2,1-3H3. The minimum absolute atomic E-state index is 0.0524. The van der Waals surface area contributed by atoms with Gasteiger partial charge in [0.1, 0.15) is 0 Å². The third kappa shape index (κ3) is 3.21. The molecule has 0 aliphatic rings. The van der Waals surface area contributed by atoms with Crippen LogP contribution in [0.2, 0.25) is 0 Å². The molecular weight excluding hydrogens is 254 g/mol. The normalized spacial score (nSPS) is 16.3. The lowest BCUT2D eigenvalue weighted by Gasteiger charge is -2.35. The fourth-order valence-corrected chi connectivity index (χ4v) is 3.27. The minimum atomic E-state index is 0.0524. The van der Waals surface area contributed by atoms with Crippen LogP contribution in [0.1, 0.15) is 36.4 Å². The summed E-state index contributed by atoms with van der Waals surface area (Å²) >= 11 is 1.79. The summed E-state index contributed by atoms with van der Waals surface area (Å²) in [5.74, 6) is 0. The van der Waals surface area contributed by atoms with Gasteiger partial charge in [-0.1, -0.05) is 12.1 Å². The van der Waals surface area contributed by atoms with E-state index in [0.717, 1.165) is 0 Å². The van der Waals surface area contributed by atoms with Crippen LogP contribution in [-0.2, 0) is 0 Å². The SMILES string of the molecule is CC(N)C(c1cccnc1)N(C)C(C)c1cccs1. The molecule has 0 aromatic carbocycles. The Morgan fingerprint density at radius 1 is 1.26 bits per heavy atom. The van der Waals surface area contributed by atoms with Crippen molar-refractivity contribution in [3.63, 3.8) is 0 Å². The number of pyridine rings is 1. The Hall–Kier alpha value is -1.23. The highest BCUT2D eigenvalue weighted by Crippen LogP contribution is 2.32. The van der Waals surface area contributed by atoms with Crippen molar-refractivity contribution in [3.05, 3.63) is 52.5 Å². The van der Waals surface area contributed by atoms with Gasteiger partial charge in [0.25, 0.3) is 0 Å². The number of thiophene rings is 1. The van der Waals surface area contributed by atoms with E-state index in [9.17, 15) is 0 Å². The van der Waals surface area contributed by atoms with Crippen molar-refractivity contribution >= 4 is 11.3 Å². The molecule has 0 aliphatic carbocycles. The van der Waals surface area contributed by atoms with Crippen molar-refractivity contribution in [2.24, 2.45) is 5.73 Å². The molecule has 102 valence electrons. The molecule has 4 heteroatoms. The smallest absolute Gasteiger partial charge is 0.0515 e. The first-order valence-electron chi connectivity index (χ1n) is 6.52. The van der Waals surface area contributed by atoms with E-state index in [2.05, 4.69) is 54.4 Å². The highest BCUT2D eigenvalue weighted by molar-refractivity contribution is 7.10. The number of nitrogens with two attached hydrogens (primary N) is 1. The first-order valence-corrected chi connectivity index (χ1v) is 7.40. The van der Waals surface area contributed by atoms with E-state index in [-0.39, 0.29) is 12.1 Å². The van der Waals surface area contributed by atoms with Gasteiger partial charge >= 0.3 is 0 Å². The lowest BCUT2D eigenvalue weighted by Crippen LogP contribution is -2.38. The van der Waals surface area contributed by atoms with Crippen LogP contribution in [0, 0.1) is 0 Å². The molecule has 2 rings (SSSR count). The Morgan fingerprint density at radius 2 is 2.05 bits per heavy atom. The second-order valence-corrected chi connectivity index (χ2v) is 5.93. The fourth-order valence-electron chi connectivity index (χ4n) is 2.43. The number of hydrogen-bond donors (Lipinski definition) is 1. The summed E-state index contributed by atoms with van der Waals surface area (Å²) < 4.78 is 0. The van der Waals surface area contributed by atoms with Crippen molar-refractivity contribution in [2.45, 2.75) is 32.0 Å². The largest absolute Gasteiger partial charge is 0.326 e. The Morgan fingerprint density at radius 3 is 2.58 bits per heavy atom. The van der Waals surface area contributed by atoms with Crippen molar-refractivity contribution in [1.82, 2.24) is 9.88 Å². The van der Waals surface area contributed by atoms with Crippen LogP contribution in [0.25, 0.3) is 0 Å². The van der Waals surface area contributed by atoms with Crippen LogP contribution in [0.5, 0.6) is 0 Å². The molecule has 0 bridgehead atoms. The zero-order chi connectivity index (χ0) is 13.8. The first kappa shape index (κ1) is 14.2. The Bertz CT molecular complexity index is 481. The van der Waals surface area contributed by atoms with E-state index in [0.29, 0.717) is 6.04 Å². The molecule has 0 saturated heterocycles. The van der Waals surface area contributed by atoms with Crippen LogP contribution >= 0.6 is 11.3 Å². The maximum atomic E-state index is 6.19. The average Bonchev–Trinajstić information content (AvgIpc) is 2.92. The van der Waals surface area contributed by atoms with E-state index in [1.807, 2.05) is 12.3 Å². The zero-order valence-electron chi connectivity index (χ0n) is 11.7. The summed E-state index contributed by atoms with van der Waals surface area (Å²) in [6.45, 7) is 4.27. The van der Waals surface area contributed by atoms with Crippen LogP contribution in [0.3, 0.4) is 0 Å². The number of nitrogens with zero attached hydrogens (tertiary/aromatic N) is 2. The van der Waals surface area contributed by atoms with Crippen LogP contribution in [0.4, 0.5) is 0 Å². The lowest BCUT2D eigenvalue weighted by molar-refractivity contribution is 0.167. The molecule has 2 heterocycles. The van der Waals surface area contributed by atoms with Gasteiger partial charge in [-0.25, -0.2) is 0 Å². The highest BCUT2D eigenvalue weighted by atomic mass is 32.1. The van der Waals surface area contributed by atoms with Crippen molar-refractivity contribution in [3.8, 4) is 0 Å². The van der Waals surface area contributed by atoms with E-state index in [1.54, 1.807) is 17.5 Å². The van der Waals surface area contributed by atoms with E-state index < -0.39 is 0 Å². The summed E-state index contributed by atoms with van der Waals surface area (Å²) in [5, 5.41) is 2.12. The molecule has 2 N–H and O–H groups in total. The molecule has 0 aliphatic heterocycles. The number of hydrogen-bond acceptors (Lipinski definition) is 4. The van der Waals surface area contributed by atoms with E-state index in [4.69, 9.17) is 5.73 Å². The monoisotopic (exact) mass is 275 g/mol.